The number of nitrogens with zero attached hydrogens (tertiary/aromatic N) is 3. The van der Waals surface area contributed by atoms with Crippen LogP contribution in [0.25, 0.3) is 16.9 Å². The van der Waals surface area contributed by atoms with Gasteiger partial charge in [0.15, 0.2) is 6.10 Å². The lowest BCUT2D eigenvalue weighted by Crippen LogP contribution is -2.36. The van der Waals surface area contributed by atoms with Crippen LogP contribution < -0.4 is 5.32 Å². The van der Waals surface area contributed by atoms with E-state index in [4.69, 9.17) is 4.74 Å². The number of carbonyl (C=O) groups is 2. The van der Waals surface area contributed by atoms with Gasteiger partial charge in [0.25, 0.3) is 5.91 Å². The molecule has 1 aromatic carbocycles. The van der Waals surface area contributed by atoms with Crippen molar-refractivity contribution >= 4 is 11.9 Å². The average molecular weight is 445 g/mol. The van der Waals surface area contributed by atoms with Gasteiger partial charge in [-0.05, 0) is 63.3 Å². The van der Waals surface area contributed by atoms with Gasteiger partial charge in [-0.15, -0.1) is 0 Å². The van der Waals surface area contributed by atoms with Gasteiger partial charge in [0, 0.05) is 30.7 Å². The lowest BCUT2D eigenvalue weighted by Gasteiger charge is -2.15. The highest BCUT2D eigenvalue weighted by atomic mass is 16.5. The summed E-state index contributed by atoms with van der Waals surface area (Å²) >= 11 is 0. The van der Waals surface area contributed by atoms with Crippen LogP contribution in [-0.4, -0.2) is 39.3 Å². The number of aromatic nitrogens is 3. The largest absolute Gasteiger partial charge is 0.449 e. The normalized spacial score (nSPS) is 14.3. The highest BCUT2D eigenvalue weighted by Gasteiger charge is 2.24. The summed E-state index contributed by atoms with van der Waals surface area (Å²) in [5.74, 6) is -0.910. The number of rotatable bonds is 8. The molecule has 1 unspecified atom stereocenters. The maximum absolute atomic E-state index is 13.0. The van der Waals surface area contributed by atoms with Crippen molar-refractivity contribution in [1.29, 1.82) is 0 Å². The lowest BCUT2D eigenvalue weighted by molar-refractivity contribution is -0.129. The number of allylic oxidation sites excluding steroid dienone is 1. The van der Waals surface area contributed by atoms with Gasteiger partial charge in [-0.25, -0.2) is 9.48 Å². The number of para-hydroxylation sites is 1. The van der Waals surface area contributed by atoms with Crippen LogP contribution in [0.2, 0.25) is 0 Å². The van der Waals surface area contributed by atoms with Gasteiger partial charge in [-0.3, -0.25) is 9.78 Å². The van der Waals surface area contributed by atoms with Crippen molar-refractivity contribution in [3.05, 3.63) is 78.3 Å². The van der Waals surface area contributed by atoms with E-state index in [1.54, 1.807) is 36.3 Å². The minimum Gasteiger partial charge on any atom is -0.449 e. The second-order valence-corrected chi connectivity index (χ2v) is 8.11. The molecule has 0 aliphatic heterocycles. The number of esters is 1. The fourth-order valence-electron chi connectivity index (χ4n) is 3.85. The quantitative estimate of drug-likeness (QED) is 0.409. The first-order valence-electron chi connectivity index (χ1n) is 11.3. The Hall–Kier alpha value is -3.74. The Kier molecular flexibility index (Phi) is 7.29. The molecule has 1 amide bonds. The van der Waals surface area contributed by atoms with Gasteiger partial charge in [0.05, 0.1) is 5.69 Å². The number of hydrogen-bond donors (Lipinski definition) is 1. The molecule has 1 atom stereocenters. The van der Waals surface area contributed by atoms with Crippen LogP contribution in [0.15, 0.2) is 72.7 Å². The van der Waals surface area contributed by atoms with Gasteiger partial charge < -0.3 is 10.1 Å². The SMILES string of the molecule is CC(OC(=O)c1cn(-c2ccccc2)nc1-c1cccnc1)C(=O)NCCC1=CCCCC1. The first-order chi connectivity index (χ1) is 16.1. The van der Waals surface area contributed by atoms with Crippen molar-refractivity contribution in [3.63, 3.8) is 0 Å². The summed E-state index contributed by atoms with van der Waals surface area (Å²) < 4.78 is 7.14. The molecule has 1 aliphatic carbocycles. The number of hydrogen-bond acceptors (Lipinski definition) is 5. The van der Waals surface area contributed by atoms with Crippen molar-refractivity contribution in [3.8, 4) is 16.9 Å². The van der Waals surface area contributed by atoms with E-state index in [2.05, 4.69) is 21.5 Å². The topological polar surface area (TPSA) is 86.1 Å². The monoisotopic (exact) mass is 444 g/mol. The van der Waals surface area contributed by atoms with Gasteiger partial charge >= 0.3 is 5.97 Å². The number of carbonyl (C=O) groups excluding carboxylic acids is 2. The molecule has 2 aromatic heterocycles. The highest BCUT2D eigenvalue weighted by Crippen LogP contribution is 2.24. The molecule has 4 rings (SSSR count). The molecule has 3 aromatic rings. The molecule has 0 fully saturated rings. The molecule has 33 heavy (non-hydrogen) atoms. The third-order valence-corrected chi connectivity index (χ3v) is 5.67. The standard InChI is InChI=1S/C26H28N4O3/c1-19(25(31)28-16-14-20-9-4-2-5-10-20)33-26(32)23-18-30(22-12-6-3-7-13-22)29-24(23)21-11-8-15-27-17-21/h3,6-9,11-13,15,17-19H,2,4-5,10,14,16H2,1H3,(H,28,31). The van der Waals surface area contributed by atoms with Gasteiger partial charge in [-0.2, -0.15) is 5.10 Å². The summed E-state index contributed by atoms with van der Waals surface area (Å²) in [7, 11) is 0. The molecule has 0 saturated carbocycles. The molecule has 2 heterocycles. The van der Waals surface area contributed by atoms with Gasteiger partial charge in [-0.1, -0.05) is 29.8 Å². The summed E-state index contributed by atoms with van der Waals surface area (Å²) in [4.78, 5) is 29.7. The minimum atomic E-state index is -0.917. The van der Waals surface area contributed by atoms with Crippen LogP contribution >= 0.6 is 0 Å². The van der Waals surface area contributed by atoms with E-state index in [1.807, 2.05) is 36.4 Å². The van der Waals surface area contributed by atoms with E-state index >= 15 is 0 Å². The molecule has 0 spiro atoms. The van der Waals surface area contributed by atoms with E-state index in [0.717, 1.165) is 24.9 Å². The second kappa shape index (κ2) is 10.7. The van der Waals surface area contributed by atoms with Crippen LogP contribution in [0, 0.1) is 0 Å². The Balaban J connectivity index is 1.45. The number of pyridine rings is 1. The van der Waals surface area contributed by atoms with Crippen molar-refractivity contribution < 1.29 is 14.3 Å². The third-order valence-electron chi connectivity index (χ3n) is 5.67. The summed E-state index contributed by atoms with van der Waals surface area (Å²) in [6.07, 6.45) is 11.8. The highest BCUT2D eigenvalue weighted by molar-refractivity contribution is 5.97. The van der Waals surface area contributed by atoms with E-state index in [-0.39, 0.29) is 11.5 Å². The molecule has 0 saturated heterocycles. The molecule has 7 nitrogen and oxygen atoms in total. The summed E-state index contributed by atoms with van der Waals surface area (Å²) in [5, 5.41) is 7.47. The number of benzene rings is 1. The zero-order valence-electron chi connectivity index (χ0n) is 18.7. The molecule has 1 aliphatic rings. The zero-order valence-corrected chi connectivity index (χ0v) is 18.7. The fraction of sp³-hybridized carbons (Fsp3) is 0.308. The summed E-state index contributed by atoms with van der Waals surface area (Å²) in [5.41, 5.74) is 3.62. The minimum absolute atomic E-state index is 0.277. The second-order valence-electron chi connectivity index (χ2n) is 8.11. The first kappa shape index (κ1) is 22.5. The predicted octanol–water partition coefficient (Wildman–Crippen LogP) is 4.49. The van der Waals surface area contributed by atoms with Crippen LogP contribution in [0.5, 0.6) is 0 Å². The third kappa shape index (κ3) is 5.74. The molecule has 1 N–H and O–H groups in total. The number of amides is 1. The van der Waals surface area contributed by atoms with Crippen LogP contribution in [0.4, 0.5) is 0 Å². The Morgan fingerprint density at radius 2 is 2.00 bits per heavy atom. The Bertz CT molecular complexity index is 1120. The average Bonchev–Trinajstić information content (AvgIpc) is 3.31. The summed E-state index contributed by atoms with van der Waals surface area (Å²) in [6, 6.07) is 13.1. The van der Waals surface area contributed by atoms with Gasteiger partial charge in [0.2, 0.25) is 0 Å². The molecular weight excluding hydrogens is 416 g/mol. The van der Waals surface area contributed by atoms with Crippen LogP contribution in [0.1, 0.15) is 49.4 Å². The van der Waals surface area contributed by atoms with Crippen molar-refractivity contribution in [2.75, 3.05) is 6.54 Å². The zero-order chi connectivity index (χ0) is 23.0. The molecular formula is C26H28N4O3. The predicted molar refractivity (Wildman–Crippen MR) is 126 cm³/mol. The van der Waals surface area contributed by atoms with Crippen molar-refractivity contribution in [2.24, 2.45) is 0 Å². The molecule has 0 radical (unpaired) electrons. The van der Waals surface area contributed by atoms with E-state index in [1.165, 1.54) is 18.4 Å². The molecule has 170 valence electrons. The number of nitrogens with one attached hydrogen (secondary N) is 1. The van der Waals surface area contributed by atoms with E-state index < -0.39 is 12.1 Å². The molecule has 0 bridgehead atoms. The maximum atomic E-state index is 13.0. The first-order valence-corrected chi connectivity index (χ1v) is 11.3. The van der Waals surface area contributed by atoms with Crippen molar-refractivity contribution in [1.82, 2.24) is 20.1 Å². The van der Waals surface area contributed by atoms with Crippen LogP contribution in [-0.2, 0) is 9.53 Å². The Morgan fingerprint density at radius 3 is 2.73 bits per heavy atom. The van der Waals surface area contributed by atoms with E-state index in [0.29, 0.717) is 17.8 Å². The van der Waals surface area contributed by atoms with Crippen molar-refractivity contribution in [2.45, 2.75) is 45.1 Å². The van der Waals surface area contributed by atoms with Gasteiger partial charge in [0.1, 0.15) is 11.3 Å². The summed E-state index contributed by atoms with van der Waals surface area (Å²) in [6.45, 7) is 2.12. The molecule has 7 heteroatoms. The maximum Gasteiger partial charge on any atom is 0.342 e. The van der Waals surface area contributed by atoms with E-state index in [9.17, 15) is 9.59 Å². The van der Waals surface area contributed by atoms with Crippen LogP contribution in [0.3, 0.4) is 0 Å². The Labute approximate surface area is 193 Å². The Morgan fingerprint density at radius 1 is 1.15 bits per heavy atom. The lowest BCUT2D eigenvalue weighted by atomic mass is 9.97. The number of ether oxygens (including phenoxy) is 1. The fourth-order valence-corrected chi connectivity index (χ4v) is 3.85. The smallest absolute Gasteiger partial charge is 0.342 e.